The van der Waals surface area contributed by atoms with Crippen molar-refractivity contribution in [2.45, 2.75) is 6.18 Å². The summed E-state index contributed by atoms with van der Waals surface area (Å²) in [5.41, 5.74) is 10.0. The van der Waals surface area contributed by atoms with Gasteiger partial charge in [-0.1, -0.05) is 0 Å². The van der Waals surface area contributed by atoms with Gasteiger partial charge in [0.05, 0.1) is 11.3 Å². The zero-order valence-electron chi connectivity index (χ0n) is 13.4. The lowest BCUT2D eigenvalue weighted by Crippen LogP contribution is -2.50. The Labute approximate surface area is 148 Å². The van der Waals surface area contributed by atoms with Crippen LogP contribution in [0.15, 0.2) is 28.2 Å². The summed E-state index contributed by atoms with van der Waals surface area (Å²) in [6.45, 7) is 2.98. The molecule has 11 heteroatoms. The second kappa shape index (κ2) is 8.34. The molecule has 25 heavy (non-hydrogen) atoms. The smallest absolute Gasteiger partial charge is 0.369 e. The third kappa shape index (κ3) is 5.75. The topological polar surface area (TPSA) is 83.2 Å². The van der Waals surface area contributed by atoms with Crippen LogP contribution in [0, 0.1) is 5.82 Å². The van der Waals surface area contributed by atoms with E-state index in [0.29, 0.717) is 25.2 Å². The highest BCUT2D eigenvalue weighted by Gasteiger charge is 2.33. The molecule has 1 aromatic rings. The van der Waals surface area contributed by atoms with E-state index in [0.717, 1.165) is 19.2 Å². The van der Waals surface area contributed by atoms with E-state index in [1.54, 1.807) is 0 Å². The third-order valence-corrected chi connectivity index (χ3v) is 3.56. The summed E-state index contributed by atoms with van der Waals surface area (Å²) in [5, 5.41) is 0. The van der Waals surface area contributed by atoms with Gasteiger partial charge in [0.15, 0.2) is 5.96 Å². The molecule has 0 amide bonds. The average Bonchev–Trinajstić information content (AvgIpc) is 2.46. The molecule has 1 aliphatic rings. The van der Waals surface area contributed by atoms with Crippen molar-refractivity contribution < 1.29 is 17.6 Å². The third-order valence-electron chi connectivity index (χ3n) is 3.56. The molecule has 0 saturated carbocycles. The fourth-order valence-electron chi connectivity index (χ4n) is 2.18. The Morgan fingerprint density at radius 2 is 1.72 bits per heavy atom. The quantitative estimate of drug-likeness (QED) is 0.440. The van der Waals surface area contributed by atoms with Crippen molar-refractivity contribution in [1.82, 2.24) is 9.80 Å². The van der Waals surface area contributed by atoms with Crippen LogP contribution >= 0.6 is 12.4 Å². The van der Waals surface area contributed by atoms with Crippen LogP contribution in [0.25, 0.3) is 0 Å². The zero-order valence-corrected chi connectivity index (χ0v) is 14.2. The number of piperazine rings is 1. The minimum absolute atomic E-state index is 0. The molecular formula is C14H19ClF4N6. The Kier molecular flexibility index (Phi) is 7.00. The SMILES string of the molecule is CN1CCN(C(N)=NC(N)=Nc2ccc(C(F)(F)F)c(F)c2)CC1.Cl. The van der Waals surface area contributed by atoms with Crippen LogP contribution < -0.4 is 11.5 Å². The summed E-state index contributed by atoms with van der Waals surface area (Å²) in [6.07, 6.45) is -4.76. The number of alkyl halides is 3. The van der Waals surface area contributed by atoms with E-state index in [1.165, 1.54) is 0 Å². The minimum atomic E-state index is -4.76. The van der Waals surface area contributed by atoms with Crippen LogP contribution in [0.1, 0.15) is 5.56 Å². The molecule has 2 rings (SSSR count). The maximum atomic E-state index is 13.5. The minimum Gasteiger partial charge on any atom is -0.369 e. The molecule has 1 aromatic carbocycles. The first kappa shape index (κ1) is 21.0. The van der Waals surface area contributed by atoms with Crippen LogP contribution in [0.2, 0.25) is 0 Å². The number of nitrogens with two attached hydrogens (primary N) is 2. The Bertz CT molecular complexity index is 653. The van der Waals surface area contributed by atoms with E-state index in [2.05, 4.69) is 14.9 Å². The number of nitrogens with zero attached hydrogens (tertiary/aromatic N) is 4. The van der Waals surface area contributed by atoms with Crippen LogP contribution in [0.3, 0.4) is 0 Å². The molecule has 0 atom stereocenters. The van der Waals surface area contributed by atoms with Gasteiger partial charge < -0.3 is 21.3 Å². The summed E-state index contributed by atoms with van der Waals surface area (Å²) < 4.78 is 51.0. The molecule has 0 unspecified atom stereocenters. The number of hydrogen-bond donors (Lipinski definition) is 2. The highest BCUT2D eigenvalue weighted by molar-refractivity contribution is 5.94. The molecule has 6 nitrogen and oxygen atoms in total. The van der Waals surface area contributed by atoms with E-state index in [-0.39, 0.29) is 30.0 Å². The molecule has 1 saturated heterocycles. The first-order valence-corrected chi connectivity index (χ1v) is 7.15. The standard InChI is InChI=1S/C14H18F4N6.ClH/c1-23-4-6-24(7-5-23)13(20)22-12(19)21-9-2-3-10(11(15)8-9)14(16,17)18;/h2-3,8H,4-7H2,1H3,(H4,19,20,21,22);1H. The molecule has 4 N–H and O–H groups in total. The van der Waals surface area contributed by atoms with Gasteiger partial charge in [0, 0.05) is 32.2 Å². The van der Waals surface area contributed by atoms with Gasteiger partial charge in [-0.3, -0.25) is 0 Å². The predicted molar refractivity (Wildman–Crippen MR) is 90.6 cm³/mol. The summed E-state index contributed by atoms with van der Waals surface area (Å²) in [4.78, 5) is 11.6. The lowest BCUT2D eigenvalue weighted by Gasteiger charge is -2.32. The first-order chi connectivity index (χ1) is 11.2. The molecule has 0 aromatic heterocycles. The van der Waals surface area contributed by atoms with E-state index in [1.807, 2.05) is 11.9 Å². The van der Waals surface area contributed by atoms with Crippen molar-refractivity contribution in [3.8, 4) is 0 Å². The highest BCUT2D eigenvalue weighted by Crippen LogP contribution is 2.32. The van der Waals surface area contributed by atoms with Gasteiger partial charge >= 0.3 is 6.18 Å². The van der Waals surface area contributed by atoms with E-state index >= 15 is 0 Å². The maximum Gasteiger partial charge on any atom is 0.419 e. The average molecular weight is 383 g/mol. The zero-order chi connectivity index (χ0) is 17.9. The fraction of sp³-hybridized carbons (Fsp3) is 0.429. The summed E-state index contributed by atoms with van der Waals surface area (Å²) in [7, 11) is 1.99. The van der Waals surface area contributed by atoms with E-state index < -0.39 is 17.6 Å². The van der Waals surface area contributed by atoms with Gasteiger partial charge in [0.2, 0.25) is 5.96 Å². The molecule has 0 aliphatic carbocycles. The number of guanidine groups is 2. The number of likely N-dealkylation sites (N-methyl/N-ethyl adjacent to an activating group) is 1. The molecule has 1 fully saturated rings. The van der Waals surface area contributed by atoms with Crippen LogP contribution in [0.4, 0.5) is 23.2 Å². The molecule has 0 bridgehead atoms. The lowest BCUT2D eigenvalue weighted by molar-refractivity contribution is -0.139. The van der Waals surface area contributed by atoms with Crippen LogP contribution in [-0.2, 0) is 6.18 Å². The number of aliphatic imine (C=N–C) groups is 2. The number of rotatable bonds is 1. The normalized spacial score (nSPS) is 17.4. The van der Waals surface area contributed by atoms with Crippen molar-refractivity contribution in [2.75, 3.05) is 33.2 Å². The second-order valence-electron chi connectivity index (χ2n) is 5.39. The van der Waals surface area contributed by atoms with Gasteiger partial charge in [-0.25, -0.2) is 9.38 Å². The molecule has 1 aliphatic heterocycles. The Balaban J connectivity index is 0.00000312. The van der Waals surface area contributed by atoms with Crippen molar-refractivity contribution in [2.24, 2.45) is 21.5 Å². The summed E-state index contributed by atoms with van der Waals surface area (Å²) in [5.74, 6) is -1.52. The second-order valence-corrected chi connectivity index (χ2v) is 5.39. The van der Waals surface area contributed by atoms with Gasteiger partial charge in [-0.05, 0) is 19.2 Å². The molecule has 1 heterocycles. The number of hydrogen-bond acceptors (Lipinski definition) is 2. The first-order valence-electron chi connectivity index (χ1n) is 7.15. The molecule has 0 radical (unpaired) electrons. The van der Waals surface area contributed by atoms with Crippen molar-refractivity contribution >= 4 is 30.0 Å². The van der Waals surface area contributed by atoms with Crippen molar-refractivity contribution in [3.63, 3.8) is 0 Å². The predicted octanol–water partition coefficient (Wildman–Crippen LogP) is 1.77. The molecule has 0 spiro atoms. The Morgan fingerprint density at radius 1 is 1.12 bits per heavy atom. The van der Waals surface area contributed by atoms with Crippen molar-refractivity contribution in [3.05, 3.63) is 29.6 Å². The summed E-state index contributed by atoms with van der Waals surface area (Å²) in [6, 6.07) is 2.27. The van der Waals surface area contributed by atoms with Gasteiger partial charge in [-0.2, -0.15) is 18.2 Å². The highest BCUT2D eigenvalue weighted by atomic mass is 35.5. The number of benzene rings is 1. The Morgan fingerprint density at radius 3 is 2.24 bits per heavy atom. The molecular weight excluding hydrogens is 364 g/mol. The van der Waals surface area contributed by atoms with Crippen molar-refractivity contribution in [1.29, 1.82) is 0 Å². The van der Waals surface area contributed by atoms with Crippen LogP contribution in [-0.4, -0.2) is 54.9 Å². The summed E-state index contributed by atoms with van der Waals surface area (Å²) >= 11 is 0. The van der Waals surface area contributed by atoms with Gasteiger partial charge in [-0.15, -0.1) is 12.4 Å². The van der Waals surface area contributed by atoms with Crippen LogP contribution in [0.5, 0.6) is 0 Å². The Hall–Kier alpha value is -2.07. The van der Waals surface area contributed by atoms with Gasteiger partial charge in [0.1, 0.15) is 5.82 Å². The number of halogens is 5. The molecule has 140 valence electrons. The maximum absolute atomic E-state index is 13.5. The largest absolute Gasteiger partial charge is 0.419 e. The van der Waals surface area contributed by atoms with E-state index in [9.17, 15) is 17.6 Å². The lowest BCUT2D eigenvalue weighted by atomic mass is 10.2. The van der Waals surface area contributed by atoms with Gasteiger partial charge in [0.25, 0.3) is 0 Å². The van der Waals surface area contributed by atoms with E-state index in [4.69, 9.17) is 11.5 Å². The monoisotopic (exact) mass is 382 g/mol. The fourth-order valence-corrected chi connectivity index (χ4v) is 2.18.